The number of halogens is 1. The molecule has 0 aromatic heterocycles. The highest BCUT2D eigenvalue weighted by Crippen LogP contribution is 2.14. The molecule has 0 aliphatic rings. The van der Waals surface area contributed by atoms with Gasteiger partial charge in [-0.05, 0) is 40.8 Å². The van der Waals surface area contributed by atoms with E-state index in [2.05, 4.69) is 41.3 Å². The van der Waals surface area contributed by atoms with Crippen LogP contribution in [0.1, 0.15) is 5.56 Å². The molecule has 10 heavy (non-hydrogen) atoms. The molecule has 0 bridgehead atoms. The molecule has 0 fully saturated rings. The highest BCUT2D eigenvalue weighted by atomic mass is 127. The van der Waals surface area contributed by atoms with E-state index < -0.39 is 0 Å². The van der Waals surface area contributed by atoms with Gasteiger partial charge in [-0.2, -0.15) is 5.26 Å². The quantitative estimate of drug-likeness (QED) is 0.563. The van der Waals surface area contributed by atoms with E-state index in [1.54, 1.807) is 6.07 Å². The monoisotopic (exact) mass is 261 g/mol. The van der Waals surface area contributed by atoms with Gasteiger partial charge >= 0.3 is 0 Å². The van der Waals surface area contributed by atoms with Crippen LogP contribution in [0, 0.1) is 14.9 Å². The third-order valence-corrected chi connectivity index (χ3v) is 1.89. The SMILES string of the molecule is N#Cc1cc(S)cc(I)c1. The van der Waals surface area contributed by atoms with Crippen LogP contribution in [-0.2, 0) is 0 Å². The van der Waals surface area contributed by atoms with Crippen LogP contribution in [0.3, 0.4) is 0 Å². The molecular formula is C7H4INS. The van der Waals surface area contributed by atoms with Crippen molar-refractivity contribution < 1.29 is 0 Å². The molecule has 1 aromatic carbocycles. The van der Waals surface area contributed by atoms with Gasteiger partial charge in [0.25, 0.3) is 0 Å². The van der Waals surface area contributed by atoms with E-state index in [9.17, 15) is 0 Å². The van der Waals surface area contributed by atoms with Crippen molar-refractivity contribution >= 4 is 35.2 Å². The standard InChI is InChI=1S/C7H4INS/c8-6-1-5(4-9)2-7(10)3-6/h1-3,10H. The Labute approximate surface area is 78.6 Å². The van der Waals surface area contributed by atoms with Crippen molar-refractivity contribution in [2.45, 2.75) is 4.90 Å². The molecule has 50 valence electrons. The lowest BCUT2D eigenvalue weighted by Crippen LogP contribution is -1.76. The Kier molecular flexibility index (Phi) is 2.57. The van der Waals surface area contributed by atoms with Crippen molar-refractivity contribution in [3.05, 3.63) is 27.3 Å². The molecular weight excluding hydrogens is 257 g/mol. The number of thiol groups is 1. The van der Waals surface area contributed by atoms with Crippen molar-refractivity contribution in [1.29, 1.82) is 5.26 Å². The molecule has 1 rings (SSSR count). The van der Waals surface area contributed by atoms with Crippen LogP contribution < -0.4 is 0 Å². The predicted octanol–water partition coefficient (Wildman–Crippen LogP) is 2.45. The van der Waals surface area contributed by atoms with Gasteiger partial charge in [0, 0.05) is 8.47 Å². The summed E-state index contributed by atoms with van der Waals surface area (Å²) in [7, 11) is 0. The van der Waals surface area contributed by atoms with Gasteiger partial charge in [0.15, 0.2) is 0 Å². The van der Waals surface area contributed by atoms with Crippen molar-refractivity contribution in [1.82, 2.24) is 0 Å². The predicted molar refractivity (Wildman–Crippen MR) is 51.1 cm³/mol. The zero-order chi connectivity index (χ0) is 7.56. The van der Waals surface area contributed by atoms with E-state index in [0.717, 1.165) is 8.47 Å². The average Bonchev–Trinajstić information content (AvgIpc) is 1.85. The first-order valence-corrected chi connectivity index (χ1v) is 4.14. The molecule has 0 unspecified atom stereocenters. The molecule has 0 radical (unpaired) electrons. The number of nitrogens with zero attached hydrogens (tertiary/aromatic N) is 1. The Hall–Kier alpha value is -0.210. The van der Waals surface area contributed by atoms with Crippen LogP contribution in [0.5, 0.6) is 0 Å². The number of rotatable bonds is 0. The van der Waals surface area contributed by atoms with Crippen LogP contribution >= 0.6 is 35.2 Å². The van der Waals surface area contributed by atoms with E-state index in [1.807, 2.05) is 12.1 Å². The van der Waals surface area contributed by atoms with E-state index in [1.165, 1.54) is 0 Å². The van der Waals surface area contributed by atoms with Gasteiger partial charge in [0.2, 0.25) is 0 Å². The maximum Gasteiger partial charge on any atom is 0.0992 e. The summed E-state index contributed by atoms with van der Waals surface area (Å²) in [4.78, 5) is 0.837. The molecule has 0 aliphatic heterocycles. The largest absolute Gasteiger partial charge is 0.192 e. The molecule has 0 saturated carbocycles. The highest BCUT2D eigenvalue weighted by Gasteiger charge is 1.93. The summed E-state index contributed by atoms with van der Waals surface area (Å²) in [5, 5.41) is 8.50. The topological polar surface area (TPSA) is 23.8 Å². The Balaban J connectivity index is 3.22. The third kappa shape index (κ3) is 1.89. The molecule has 1 nitrogen and oxygen atoms in total. The van der Waals surface area contributed by atoms with Crippen LogP contribution in [0.4, 0.5) is 0 Å². The second-order valence-electron chi connectivity index (χ2n) is 1.81. The highest BCUT2D eigenvalue weighted by molar-refractivity contribution is 14.1. The summed E-state index contributed by atoms with van der Waals surface area (Å²) in [5.74, 6) is 0. The summed E-state index contributed by atoms with van der Waals surface area (Å²) < 4.78 is 1.04. The van der Waals surface area contributed by atoms with Crippen LogP contribution in [0.2, 0.25) is 0 Å². The maximum atomic E-state index is 8.50. The minimum absolute atomic E-state index is 0.664. The third-order valence-electron chi connectivity index (χ3n) is 1.01. The fourth-order valence-electron chi connectivity index (χ4n) is 0.639. The molecule has 3 heteroatoms. The number of hydrogen-bond donors (Lipinski definition) is 1. The van der Waals surface area contributed by atoms with Gasteiger partial charge in [-0.15, -0.1) is 12.6 Å². The minimum atomic E-state index is 0.664. The molecule has 0 spiro atoms. The Morgan fingerprint density at radius 3 is 2.60 bits per heavy atom. The molecule has 0 aliphatic carbocycles. The van der Waals surface area contributed by atoms with Gasteiger partial charge in [-0.25, -0.2) is 0 Å². The summed E-state index contributed by atoms with van der Waals surface area (Å²) in [5.41, 5.74) is 0.664. The molecule has 1 aromatic rings. The zero-order valence-electron chi connectivity index (χ0n) is 5.00. The second-order valence-corrected chi connectivity index (χ2v) is 3.57. The average molecular weight is 261 g/mol. The van der Waals surface area contributed by atoms with Crippen LogP contribution in [-0.4, -0.2) is 0 Å². The van der Waals surface area contributed by atoms with Crippen molar-refractivity contribution in [2.24, 2.45) is 0 Å². The number of nitriles is 1. The van der Waals surface area contributed by atoms with Crippen molar-refractivity contribution in [3.8, 4) is 6.07 Å². The molecule has 0 atom stereocenters. The fourth-order valence-corrected chi connectivity index (χ4v) is 1.83. The van der Waals surface area contributed by atoms with Gasteiger partial charge in [0.05, 0.1) is 11.6 Å². The normalized spacial score (nSPS) is 8.90. The van der Waals surface area contributed by atoms with E-state index >= 15 is 0 Å². The first-order chi connectivity index (χ1) is 4.72. The van der Waals surface area contributed by atoms with Gasteiger partial charge in [0.1, 0.15) is 0 Å². The molecule has 0 N–H and O–H groups in total. The van der Waals surface area contributed by atoms with E-state index in [4.69, 9.17) is 5.26 Å². The first kappa shape index (κ1) is 7.89. The fraction of sp³-hybridized carbons (Fsp3) is 0. The van der Waals surface area contributed by atoms with E-state index in [0.29, 0.717) is 5.56 Å². The number of hydrogen-bond acceptors (Lipinski definition) is 2. The maximum absolute atomic E-state index is 8.50. The summed E-state index contributed by atoms with van der Waals surface area (Å²) in [6, 6.07) is 7.52. The lowest BCUT2D eigenvalue weighted by atomic mass is 10.2. The Bertz CT molecular complexity index is 270. The van der Waals surface area contributed by atoms with Crippen molar-refractivity contribution in [3.63, 3.8) is 0 Å². The summed E-state index contributed by atoms with van der Waals surface area (Å²) >= 11 is 6.28. The van der Waals surface area contributed by atoms with E-state index in [-0.39, 0.29) is 0 Å². The first-order valence-electron chi connectivity index (χ1n) is 2.62. The molecule has 0 heterocycles. The Morgan fingerprint density at radius 1 is 1.40 bits per heavy atom. The second kappa shape index (κ2) is 3.26. The van der Waals surface area contributed by atoms with Crippen molar-refractivity contribution in [2.75, 3.05) is 0 Å². The lowest BCUT2D eigenvalue weighted by molar-refractivity contribution is 1.39. The van der Waals surface area contributed by atoms with Gasteiger partial charge in [-0.3, -0.25) is 0 Å². The summed E-state index contributed by atoms with van der Waals surface area (Å²) in [6.45, 7) is 0. The van der Waals surface area contributed by atoms with Crippen LogP contribution in [0.15, 0.2) is 23.1 Å². The zero-order valence-corrected chi connectivity index (χ0v) is 8.06. The van der Waals surface area contributed by atoms with Gasteiger partial charge in [-0.1, -0.05) is 0 Å². The Morgan fingerprint density at radius 2 is 2.10 bits per heavy atom. The van der Waals surface area contributed by atoms with Gasteiger partial charge < -0.3 is 0 Å². The lowest BCUT2D eigenvalue weighted by Gasteiger charge is -1.93. The minimum Gasteiger partial charge on any atom is -0.192 e. The summed E-state index contributed by atoms with van der Waals surface area (Å²) in [6.07, 6.45) is 0. The molecule has 0 saturated heterocycles. The molecule has 0 amide bonds. The smallest absolute Gasteiger partial charge is 0.0992 e. The number of benzene rings is 1. The van der Waals surface area contributed by atoms with Crippen LogP contribution in [0.25, 0.3) is 0 Å².